The summed E-state index contributed by atoms with van der Waals surface area (Å²) in [6, 6.07) is 0. The summed E-state index contributed by atoms with van der Waals surface area (Å²) in [4.78, 5) is 0. The summed E-state index contributed by atoms with van der Waals surface area (Å²) in [7, 11) is 0. The molecule has 0 saturated heterocycles. The van der Waals surface area contributed by atoms with Crippen LogP contribution in [-0.4, -0.2) is 22.9 Å². The van der Waals surface area contributed by atoms with Gasteiger partial charge in [-0.2, -0.15) is 0 Å². The first-order chi connectivity index (χ1) is 13.8. The Morgan fingerprint density at radius 2 is 1.83 bits per heavy atom. The van der Waals surface area contributed by atoms with Crippen LogP contribution >= 0.6 is 0 Å². The highest BCUT2D eigenvalue weighted by Crippen LogP contribution is 2.67. The first kappa shape index (κ1) is 21.9. The van der Waals surface area contributed by atoms with E-state index in [2.05, 4.69) is 33.8 Å². The van der Waals surface area contributed by atoms with Gasteiger partial charge in [-0.15, -0.1) is 0 Å². The first-order valence-corrected chi connectivity index (χ1v) is 12.8. The van der Waals surface area contributed by atoms with Crippen LogP contribution in [-0.2, 0) is 0 Å². The Kier molecular flexibility index (Phi) is 6.26. The molecule has 2 nitrogen and oxygen atoms in total. The van der Waals surface area contributed by atoms with E-state index in [1.807, 2.05) is 0 Å². The molecule has 8 atom stereocenters. The second-order valence-electron chi connectivity index (χ2n) is 12.2. The Morgan fingerprint density at radius 3 is 2.55 bits per heavy atom. The van der Waals surface area contributed by atoms with Crippen LogP contribution in [0.5, 0.6) is 0 Å². The van der Waals surface area contributed by atoms with Crippen LogP contribution in [0.25, 0.3) is 0 Å². The van der Waals surface area contributed by atoms with Crippen LogP contribution in [0, 0.1) is 46.3 Å². The van der Waals surface area contributed by atoms with Crippen LogP contribution in [0.2, 0.25) is 0 Å². The topological polar surface area (TPSA) is 40.5 Å². The zero-order chi connectivity index (χ0) is 20.8. The average molecular weight is 403 g/mol. The van der Waals surface area contributed by atoms with Gasteiger partial charge in [0.1, 0.15) is 0 Å². The van der Waals surface area contributed by atoms with Gasteiger partial charge in [0.2, 0.25) is 0 Å². The van der Waals surface area contributed by atoms with Crippen LogP contribution < -0.4 is 0 Å². The number of aliphatic hydroxyl groups is 2. The summed E-state index contributed by atoms with van der Waals surface area (Å²) in [5.74, 6) is 4.49. The van der Waals surface area contributed by atoms with Crippen LogP contribution in [0.3, 0.4) is 0 Å². The fraction of sp³-hybridized carbons (Fsp3) is 0.926. The minimum atomic E-state index is -0.105. The van der Waals surface area contributed by atoms with Crippen molar-refractivity contribution in [1.29, 1.82) is 0 Å². The highest BCUT2D eigenvalue weighted by Gasteiger charge is 2.59. The van der Waals surface area contributed by atoms with Crippen LogP contribution in [0.4, 0.5) is 0 Å². The standard InChI is InChI=1S/C27H46O2/c1-18(2)6-5-7-19(17-28)23-10-11-24-22-9-8-20-16-21(29)12-14-26(20,3)25(22)13-15-27(23,24)4/h8,18-19,21-25,28-29H,5-7,9-17H2,1-4H3/t19?,21?,22?,23-,24?,25?,26+,27-/m1/s1. The van der Waals surface area contributed by atoms with Gasteiger partial charge >= 0.3 is 0 Å². The molecule has 0 aliphatic heterocycles. The molecule has 3 saturated carbocycles. The highest BCUT2D eigenvalue weighted by molar-refractivity contribution is 5.25. The van der Waals surface area contributed by atoms with E-state index in [1.165, 1.54) is 57.8 Å². The van der Waals surface area contributed by atoms with Gasteiger partial charge < -0.3 is 10.2 Å². The third-order valence-electron chi connectivity index (χ3n) is 10.3. The molecule has 0 aromatic rings. The van der Waals surface area contributed by atoms with E-state index in [9.17, 15) is 10.2 Å². The van der Waals surface area contributed by atoms with E-state index in [0.29, 0.717) is 23.4 Å². The van der Waals surface area contributed by atoms with Gasteiger partial charge in [-0.1, -0.05) is 52.2 Å². The third-order valence-corrected chi connectivity index (χ3v) is 10.3. The largest absolute Gasteiger partial charge is 0.396 e. The molecule has 2 N–H and O–H groups in total. The lowest BCUT2D eigenvalue weighted by atomic mass is 9.47. The van der Waals surface area contributed by atoms with Gasteiger partial charge in [0.15, 0.2) is 0 Å². The lowest BCUT2D eigenvalue weighted by Gasteiger charge is -2.58. The molecule has 4 aliphatic rings. The maximum absolute atomic E-state index is 10.3. The van der Waals surface area contributed by atoms with Gasteiger partial charge in [-0.3, -0.25) is 0 Å². The molecule has 0 bridgehead atoms. The average Bonchev–Trinajstić information content (AvgIpc) is 3.03. The first-order valence-electron chi connectivity index (χ1n) is 12.8. The molecule has 4 aliphatic carbocycles. The predicted octanol–water partition coefficient (Wildman–Crippen LogP) is 6.36. The molecule has 0 radical (unpaired) electrons. The monoisotopic (exact) mass is 402 g/mol. The van der Waals surface area contributed by atoms with Crippen molar-refractivity contribution in [2.24, 2.45) is 46.3 Å². The fourth-order valence-corrected chi connectivity index (χ4v) is 8.66. The number of aliphatic hydroxyl groups excluding tert-OH is 2. The van der Waals surface area contributed by atoms with E-state index in [0.717, 1.165) is 42.4 Å². The van der Waals surface area contributed by atoms with E-state index >= 15 is 0 Å². The molecule has 5 unspecified atom stereocenters. The number of hydrogen-bond acceptors (Lipinski definition) is 2. The number of fused-ring (bicyclic) bond motifs is 5. The van der Waals surface area contributed by atoms with Gasteiger partial charge in [0.25, 0.3) is 0 Å². The summed E-state index contributed by atoms with van der Waals surface area (Å²) in [6.45, 7) is 10.1. The Morgan fingerprint density at radius 1 is 1.03 bits per heavy atom. The fourth-order valence-electron chi connectivity index (χ4n) is 8.66. The molecule has 29 heavy (non-hydrogen) atoms. The van der Waals surface area contributed by atoms with Crippen molar-refractivity contribution in [1.82, 2.24) is 0 Å². The minimum Gasteiger partial charge on any atom is -0.396 e. The van der Waals surface area contributed by atoms with Crippen molar-refractivity contribution >= 4 is 0 Å². The van der Waals surface area contributed by atoms with E-state index in [4.69, 9.17) is 0 Å². The molecular formula is C27H46O2. The second-order valence-corrected chi connectivity index (χ2v) is 12.2. The molecule has 166 valence electrons. The van der Waals surface area contributed by atoms with E-state index < -0.39 is 0 Å². The zero-order valence-electron chi connectivity index (χ0n) is 19.5. The Balaban J connectivity index is 1.51. The van der Waals surface area contributed by atoms with Crippen molar-refractivity contribution in [3.05, 3.63) is 11.6 Å². The molecule has 0 amide bonds. The van der Waals surface area contributed by atoms with E-state index in [1.54, 1.807) is 5.57 Å². The number of rotatable bonds is 6. The maximum atomic E-state index is 10.3. The van der Waals surface area contributed by atoms with Crippen LogP contribution in [0.15, 0.2) is 11.6 Å². The molecular weight excluding hydrogens is 356 g/mol. The van der Waals surface area contributed by atoms with E-state index in [-0.39, 0.29) is 6.10 Å². The van der Waals surface area contributed by atoms with Gasteiger partial charge in [0, 0.05) is 6.61 Å². The summed E-state index contributed by atoms with van der Waals surface area (Å²) < 4.78 is 0. The number of allylic oxidation sites excluding steroid dienone is 1. The van der Waals surface area contributed by atoms with Gasteiger partial charge in [-0.25, -0.2) is 0 Å². The summed E-state index contributed by atoms with van der Waals surface area (Å²) >= 11 is 0. The molecule has 3 fully saturated rings. The Labute approximate surface area is 179 Å². The lowest BCUT2D eigenvalue weighted by molar-refractivity contribution is -0.0623. The maximum Gasteiger partial charge on any atom is 0.0577 e. The summed E-state index contributed by atoms with van der Waals surface area (Å²) in [5, 5.41) is 20.5. The quantitative estimate of drug-likeness (QED) is 0.507. The van der Waals surface area contributed by atoms with Crippen molar-refractivity contribution in [2.45, 2.75) is 104 Å². The normalized spacial score (nSPS) is 45.3. The molecule has 0 aromatic heterocycles. The zero-order valence-corrected chi connectivity index (χ0v) is 19.5. The number of hydrogen-bond donors (Lipinski definition) is 2. The summed E-state index contributed by atoms with van der Waals surface area (Å²) in [5.41, 5.74) is 2.36. The van der Waals surface area contributed by atoms with Gasteiger partial charge in [0.05, 0.1) is 6.10 Å². The summed E-state index contributed by atoms with van der Waals surface area (Å²) in [6.07, 6.45) is 16.0. The predicted molar refractivity (Wildman–Crippen MR) is 120 cm³/mol. The smallest absolute Gasteiger partial charge is 0.0577 e. The Hall–Kier alpha value is -0.340. The van der Waals surface area contributed by atoms with Crippen molar-refractivity contribution in [3.63, 3.8) is 0 Å². The molecule has 0 aromatic carbocycles. The van der Waals surface area contributed by atoms with Crippen LogP contribution in [0.1, 0.15) is 98.3 Å². The van der Waals surface area contributed by atoms with Crippen molar-refractivity contribution in [2.75, 3.05) is 6.61 Å². The second kappa shape index (κ2) is 8.30. The Bertz CT molecular complexity index is 610. The molecule has 2 heteroatoms. The minimum absolute atomic E-state index is 0.105. The van der Waals surface area contributed by atoms with Crippen molar-refractivity contribution in [3.8, 4) is 0 Å². The van der Waals surface area contributed by atoms with Crippen molar-refractivity contribution < 1.29 is 10.2 Å². The van der Waals surface area contributed by atoms with Gasteiger partial charge in [-0.05, 0) is 104 Å². The SMILES string of the molecule is CC(C)CCCC(CO)[C@H]1CCC2C3CC=C4CC(O)CC[C@]4(C)C3CC[C@@]21C. The highest BCUT2D eigenvalue weighted by atomic mass is 16.3. The third kappa shape index (κ3) is 3.75. The molecule has 4 rings (SSSR count). The lowest BCUT2D eigenvalue weighted by Crippen LogP contribution is -2.51. The molecule has 0 spiro atoms. The molecule has 0 heterocycles.